The van der Waals surface area contributed by atoms with Gasteiger partial charge in [-0.1, -0.05) is 18.8 Å². The highest BCUT2D eigenvalue weighted by Gasteiger charge is 2.32. The van der Waals surface area contributed by atoms with Crippen molar-refractivity contribution in [1.82, 2.24) is 4.90 Å². The Balaban J connectivity index is 1.83. The molecule has 0 aliphatic heterocycles. The van der Waals surface area contributed by atoms with Crippen LogP contribution in [0.25, 0.3) is 0 Å². The third kappa shape index (κ3) is 3.85. The Morgan fingerprint density at radius 1 is 1.53 bits per heavy atom. The zero-order valence-electron chi connectivity index (χ0n) is 10.4. The van der Waals surface area contributed by atoms with E-state index >= 15 is 0 Å². The number of rotatable bonds is 4. The second-order valence-electron chi connectivity index (χ2n) is 4.90. The fourth-order valence-electron chi connectivity index (χ4n) is 2.04. The molecule has 2 rings (SSSR count). The minimum atomic E-state index is -0.0628. The van der Waals surface area contributed by atoms with Crippen molar-refractivity contribution in [3.05, 3.63) is 21.9 Å². The summed E-state index contributed by atoms with van der Waals surface area (Å²) in [5.74, 6) is 7.46. The molecule has 1 aromatic heterocycles. The van der Waals surface area contributed by atoms with Crippen molar-refractivity contribution < 1.29 is 5.11 Å². The first-order valence-corrected chi connectivity index (χ1v) is 6.87. The Labute approximate surface area is 107 Å². The van der Waals surface area contributed by atoms with Crippen LogP contribution in [0.15, 0.2) is 12.1 Å². The Bertz CT molecular complexity index is 429. The minimum absolute atomic E-state index is 0.0628. The molecule has 17 heavy (non-hydrogen) atoms. The number of aliphatic hydroxyl groups excluding tert-OH is 1. The van der Waals surface area contributed by atoms with Crippen molar-refractivity contribution in [2.45, 2.75) is 19.9 Å². The molecule has 1 N–H and O–H groups in total. The smallest absolute Gasteiger partial charge is 0.104 e. The fraction of sp³-hybridized carbons (Fsp3) is 0.571. The van der Waals surface area contributed by atoms with Gasteiger partial charge in [-0.15, -0.1) is 11.3 Å². The van der Waals surface area contributed by atoms with Crippen LogP contribution in [0, 0.1) is 23.7 Å². The number of hydrogen-bond donors (Lipinski definition) is 1. The van der Waals surface area contributed by atoms with Crippen LogP contribution in [-0.4, -0.2) is 30.2 Å². The lowest BCUT2D eigenvalue weighted by molar-refractivity contribution is 0.310. The molecular weight excluding hydrogens is 230 g/mol. The number of thiophene rings is 1. The molecule has 0 bridgehead atoms. The predicted octanol–water partition coefficient (Wildman–Crippen LogP) is 2.18. The molecule has 1 saturated carbocycles. The molecule has 1 fully saturated rings. The molecule has 0 radical (unpaired) electrons. The van der Waals surface area contributed by atoms with Gasteiger partial charge in [0.1, 0.15) is 6.61 Å². The van der Waals surface area contributed by atoms with Crippen molar-refractivity contribution >= 4 is 11.3 Å². The van der Waals surface area contributed by atoms with Gasteiger partial charge in [0.15, 0.2) is 0 Å². The molecule has 2 atom stereocenters. The number of nitrogens with zero attached hydrogens (tertiary/aromatic N) is 1. The molecule has 0 amide bonds. The normalized spacial score (nSPS) is 22.4. The monoisotopic (exact) mass is 249 g/mol. The standard InChI is InChI=1S/C14H19NOS/c1-11-8-12(11)9-15(2)10-14-6-5-13(17-14)4-3-7-16/h5-6,11-12,16H,7-10H2,1-2H3. The van der Waals surface area contributed by atoms with Crippen molar-refractivity contribution in [2.24, 2.45) is 11.8 Å². The maximum absolute atomic E-state index is 8.63. The molecule has 1 aromatic rings. The highest BCUT2D eigenvalue weighted by Crippen LogP contribution is 2.38. The molecular formula is C14H19NOS. The summed E-state index contributed by atoms with van der Waals surface area (Å²) < 4.78 is 0. The van der Waals surface area contributed by atoms with Gasteiger partial charge in [0.2, 0.25) is 0 Å². The topological polar surface area (TPSA) is 23.5 Å². The lowest BCUT2D eigenvalue weighted by Gasteiger charge is -2.14. The number of hydrogen-bond acceptors (Lipinski definition) is 3. The Morgan fingerprint density at radius 3 is 2.94 bits per heavy atom. The zero-order chi connectivity index (χ0) is 12.3. The van der Waals surface area contributed by atoms with Crippen LogP contribution >= 0.6 is 11.3 Å². The van der Waals surface area contributed by atoms with E-state index in [4.69, 9.17) is 5.11 Å². The van der Waals surface area contributed by atoms with E-state index in [9.17, 15) is 0 Å². The third-order valence-corrected chi connectivity index (χ3v) is 4.19. The summed E-state index contributed by atoms with van der Waals surface area (Å²) in [6.07, 6.45) is 1.39. The van der Waals surface area contributed by atoms with E-state index in [1.807, 2.05) is 6.07 Å². The summed E-state index contributed by atoms with van der Waals surface area (Å²) in [4.78, 5) is 4.79. The van der Waals surface area contributed by atoms with Gasteiger partial charge in [-0.3, -0.25) is 0 Å². The maximum Gasteiger partial charge on any atom is 0.104 e. The first-order chi connectivity index (χ1) is 8.19. The average molecular weight is 249 g/mol. The van der Waals surface area contributed by atoms with Gasteiger partial charge < -0.3 is 10.0 Å². The molecule has 3 heteroatoms. The first-order valence-electron chi connectivity index (χ1n) is 6.06. The molecule has 0 aromatic carbocycles. The van der Waals surface area contributed by atoms with E-state index in [-0.39, 0.29) is 6.61 Å². The molecule has 92 valence electrons. The SMILES string of the molecule is CC1CC1CN(C)Cc1ccc(C#CCO)s1. The maximum atomic E-state index is 8.63. The highest BCUT2D eigenvalue weighted by molar-refractivity contribution is 7.12. The van der Waals surface area contributed by atoms with E-state index in [1.54, 1.807) is 11.3 Å². The van der Waals surface area contributed by atoms with Crippen LogP contribution in [0.1, 0.15) is 23.1 Å². The van der Waals surface area contributed by atoms with Crippen molar-refractivity contribution in [1.29, 1.82) is 0 Å². The average Bonchev–Trinajstić information content (AvgIpc) is 2.78. The van der Waals surface area contributed by atoms with Crippen molar-refractivity contribution in [3.63, 3.8) is 0 Å². The van der Waals surface area contributed by atoms with E-state index in [1.165, 1.54) is 17.8 Å². The van der Waals surface area contributed by atoms with E-state index < -0.39 is 0 Å². The minimum Gasteiger partial charge on any atom is -0.384 e. The lowest BCUT2D eigenvalue weighted by atomic mass is 10.3. The van der Waals surface area contributed by atoms with Crippen LogP contribution in [0.5, 0.6) is 0 Å². The molecule has 1 aliphatic rings. The van der Waals surface area contributed by atoms with Gasteiger partial charge in [0.05, 0.1) is 4.88 Å². The van der Waals surface area contributed by atoms with Gasteiger partial charge in [-0.2, -0.15) is 0 Å². The molecule has 0 saturated heterocycles. The van der Waals surface area contributed by atoms with Gasteiger partial charge >= 0.3 is 0 Å². The largest absolute Gasteiger partial charge is 0.384 e. The molecule has 1 aliphatic carbocycles. The summed E-state index contributed by atoms with van der Waals surface area (Å²) >= 11 is 1.72. The fourth-order valence-corrected chi connectivity index (χ4v) is 3.00. The van der Waals surface area contributed by atoms with Crippen LogP contribution in [-0.2, 0) is 6.54 Å². The van der Waals surface area contributed by atoms with E-state index in [0.29, 0.717) is 0 Å². The van der Waals surface area contributed by atoms with Gasteiger partial charge in [-0.05, 0) is 37.4 Å². The first kappa shape index (κ1) is 12.6. The lowest BCUT2D eigenvalue weighted by Crippen LogP contribution is -2.20. The zero-order valence-corrected chi connectivity index (χ0v) is 11.3. The Hall–Kier alpha value is -0.820. The second kappa shape index (κ2) is 5.68. The van der Waals surface area contributed by atoms with Crippen LogP contribution in [0.2, 0.25) is 0 Å². The van der Waals surface area contributed by atoms with E-state index in [0.717, 1.165) is 23.3 Å². The molecule has 2 nitrogen and oxygen atoms in total. The Kier molecular flexibility index (Phi) is 4.22. The van der Waals surface area contributed by atoms with Gasteiger partial charge in [0.25, 0.3) is 0 Å². The number of aliphatic hydroxyl groups is 1. The molecule has 0 spiro atoms. The van der Waals surface area contributed by atoms with E-state index in [2.05, 4.69) is 36.8 Å². The Morgan fingerprint density at radius 2 is 2.29 bits per heavy atom. The van der Waals surface area contributed by atoms with Crippen molar-refractivity contribution in [3.8, 4) is 11.8 Å². The summed E-state index contributed by atoms with van der Waals surface area (Å²) in [5, 5.41) is 8.63. The third-order valence-electron chi connectivity index (χ3n) is 3.20. The summed E-state index contributed by atoms with van der Waals surface area (Å²) in [6.45, 7) is 4.48. The van der Waals surface area contributed by atoms with Gasteiger partial charge in [-0.25, -0.2) is 0 Å². The van der Waals surface area contributed by atoms with Gasteiger partial charge in [0, 0.05) is 18.0 Å². The van der Waals surface area contributed by atoms with Crippen LogP contribution < -0.4 is 0 Å². The summed E-state index contributed by atoms with van der Waals surface area (Å²) in [5.41, 5.74) is 0. The van der Waals surface area contributed by atoms with Crippen molar-refractivity contribution in [2.75, 3.05) is 20.2 Å². The highest BCUT2D eigenvalue weighted by atomic mass is 32.1. The van der Waals surface area contributed by atoms with Crippen LogP contribution in [0.3, 0.4) is 0 Å². The second-order valence-corrected chi connectivity index (χ2v) is 6.06. The molecule has 2 unspecified atom stereocenters. The quantitative estimate of drug-likeness (QED) is 0.827. The van der Waals surface area contributed by atoms with Crippen LogP contribution in [0.4, 0.5) is 0 Å². The molecule has 1 heterocycles. The summed E-state index contributed by atoms with van der Waals surface area (Å²) in [7, 11) is 2.18. The summed E-state index contributed by atoms with van der Waals surface area (Å²) in [6, 6.07) is 4.18. The predicted molar refractivity (Wildman–Crippen MR) is 71.9 cm³/mol.